The van der Waals surface area contributed by atoms with Crippen LogP contribution in [-0.4, -0.2) is 19.6 Å². The molecule has 0 atom stereocenters. The number of fused-ring (bicyclic) bond motifs is 2. The zero-order valence-electron chi connectivity index (χ0n) is 30.2. The van der Waals surface area contributed by atoms with Crippen molar-refractivity contribution in [2.24, 2.45) is 0 Å². The van der Waals surface area contributed by atoms with Crippen molar-refractivity contribution in [1.29, 1.82) is 0 Å². The summed E-state index contributed by atoms with van der Waals surface area (Å²) in [7, 11) is 0. The third kappa shape index (κ3) is 7.45. The quantitative estimate of drug-likeness (QED) is 0.170. The number of aryl methyl sites for hydroxylation is 2. The van der Waals surface area contributed by atoms with E-state index in [9.17, 15) is 5.11 Å². The first-order valence-electron chi connectivity index (χ1n) is 17.3. The third-order valence-corrected chi connectivity index (χ3v) is 9.13. The molecule has 257 valence electrons. The molecule has 0 aliphatic heterocycles. The fourth-order valence-corrected chi connectivity index (χ4v) is 6.65. The van der Waals surface area contributed by atoms with E-state index in [0.717, 1.165) is 39.2 Å². The smallest absolute Gasteiger partial charge is 0.149 e. The number of phenolic OH excluding ortho intramolecular Hbond substituents is 1. The molecule has 50 heavy (non-hydrogen) atoms. The molecular formula is C45H46IrN3O-. The average molecular weight is 837 g/mol. The summed E-state index contributed by atoms with van der Waals surface area (Å²) in [5.74, 6) is 2.27. The van der Waals surface area contributed by atoms with Crippen LogP contribution in [0.4, 0.5) is 0 Å². The van der Waals surface area contributed by atoms with Crippen molar-refractivity contribution < 1.29 is 25.2 Å². The van der Waals surface area contributed by atoms with Crippen molar-refractivity contribution in [3.63, 3.8) is 0 Å². The second-order valence-electron chi connectivity index (χ2n) is 13.9. The number of benzene rings is 5. The van der Waals surface area contributed by atoms with Crippen LogP contribution in [0, 0.1) is 19.9 Å². The summed E-state index contributed by atoms with van der Waals surface area (Å²) in [6.07, 6.45) is 1.89. The van der Waals surface area contributed by atoms with Gasteiger partial charge in [-0.05, 0) is 81.2 Å². The van der Waals surface area contributed by atoms with Crippen LogP contribution in [0.5, 0.6) is 5.75 Å². The van der Waals surface area contributed by atoms with Gasteiger partial charge in [0.1, 0.15) is 11.6 Å². The first kappa shape index (κ1) is 36.7. The van der Waals surface area contributed by atoms with E-state index >= 15 is 0 Å². The molecule has 0 aliphatic rings. The maximum absolute atomic E-state index is 10.6. The van der Waals surface area contributed by atoms with Crippen LogP contribution < -0.4 is 0 Å². The van der Waals surface area contributed by atoms with Gasteiger partial charge in [-0.3, -0.25) is 4.57 Å². The Balaban J connectivity index is 0.000000198. The molecule has 2 aromatic heterocycles. The summed E-state index contributed by atoms with van der Waals surface area (Å²) < 4.78 is 2.23. The summed E-state index contributed by atoms with van der Waals surface area (Å²) >= 11 is 0. The molecule has 0 saturated carbocycles. The second kappa shape index (κ2) is 15.5. The fourth-order valence-electron chi connectivity index (χ4n) is 6.65. The molecule has 0 spiro atoms. The Labute approximate surface area is 310 Å². The Morgan fingerprint density at radius 2 is 1.38 bits per heavy atom. The van der Waals surface area contributed by atoms with Crippen LogP contribution in [0.3, 0.4) is 0 Å². The van der Waals surface area contributed by atoms with Gasteiger partial charge in [-0.2, -0.15) is 0 Å². The molecule has 5 aromatic carbocycles. The zero-order valence-corrected chi connectivity index (χ0v) is 32.6. The maximum Gasteiger partial charge on any atom is 0.149 e. The van der Waals surface area contributed by atoms with Gasteiger partial charge in [0, 0.05) is 26.3 Å². The van der Waals surface area contributed by atoms with Crippen molar-refractivity contribution in [3.05, 3.63) is 143 Å². The SMILES string of the molecule is CC(C)c1cccc(C(C)C)c1-n1c(-c2ccccc2O)nc2ccccc21.Cc1[c-]c(-c2nccc3ccc(C(C)C)cc23)cc(C)c1.[Ir]. The number of pyridine rings is 1. The van der Waals surface area contributed by atoms with Gasteiger partial charge in [-0.15, -0.1) is 34.9 Å². The van der Waals surface area contributed by atoms with Crippen LogP contribution >= 0.6 is 0 Å². The predicted molar refractivity (Wildman–Crippen MR) is 206 cm³/mol. The largest absolute Gasteiger partial charge is 0.507 e. The number of hydrogen-bond donors (Lipinski definition) is 1. The molecular weight excluding hydrogens is 791 g/mol. The minimum absolute atomic E-state index is 0. The summed E-state index contributed by atoms with van der Waals surface area (Å²) in [5, 5.41) is 13.0. The number of aromatic hydroxyl groups is 1. The fraction of sp³-hybridized carbons (Fsp3) is 0.244. The molecule has 0 saturated heterocycles. The Morgan fingerprint density at radius 3 is 2.04 bits per heavy atom. The average Bonchev–Trinajstić information content (AvgIpc) is 3.46. The molecule has 0 fully saturated rings. The Bertz CT molecular complexity index is 2220. The molecule has 4 nitrogen and oxygen atoms in total. The number of aromatic nitrogens is 3. The molecule has 0 bridgehead atoms. The van der Waals surface area contributed by atoms with E-state index in [1.165, 1.54) is 38.7 Å². The number of rotatable bonds is 6. The molecule has 0 amide bonds. The molecule has 0 unspecified atom stereocenters. The van der Waals surface area contributed by atoms with Gasteiger partial charge in [0.15, 0.2) is 0 Å². The van der Waals surface area contributed by atoms with E-state index in [4.69, 9.17) is 4.98 Å². The van der Waals surface area contributed by atoms with Crippen molar-refractivity contribution in [2.75, 3.05) is 0 Å². The summed E-state index contributed by atoms with van der Waals surface area (Å²) in [6.45, 7) is 17.5. The van der Waals surface area contributed by atoms with Gasteiger partial charge in [0.05, 0.1) is 22.3 Å². The van der Waals surface area contributed by atoms with Gasteiger partial charge in [0.25, 0.3) is 0 Å². The molecule has 5 heteroatoms. The minimum Gasteiger partial charge on any atom is -0.507 e. The third-order valence-electron chi connectivity index (χ3n) is 9.13. The number of nitrogens with zero attached hydrogens (tertiary/aromatic N) is 3. The standard InChI is InChI=1S/C25H26N2O.C20H20N.Ir/c1-16(2)18-11-9-12-19(17(3)4)24(18)27-22-14-7-6-13-21(22)26-25(27)20-10-5-8-15-23(20)28;1-13(2)17-6-5-16-7-8-21-20(19(16)12-17)18-10-14(3)9-15(4)11-18;/h5-17,28H,1-4H3;5-10,12-13H,1-4H3;/q;-1;. The van der Waals surface area contributed by atoms with Gasteiger partial charge >= 0.3 is 0 Å². The van der Waals surface area contributed by atoms with Crippen LogP contribution in [0.2, 0.25) is 0 Å². The van der Waals surface area contributed by atoms with E-state index in [1.807, 2.05) is 42.6 Å². The summed E-state index contributed by atoms with van der Waals surface area (Å²) in [6, 6.07) is 38.7. The van der Waals surface area contributed by atoms with Gasteiger partial charge in [-0.25, -0.2) is 4.98 Å². The second-order valence-corrected chi connectivity index (χ2v) is 13.9. The Morgan fingerprint density at radius 1 is 0.700 bits per heavy atom. The van der Waals surface area contributed by atoms with Crippen molar-refractivity contribution in [2.45, 2.75) is 73.1 Å². The van der Waals surface area contributed by atoms with Crippen LogP contribution in [0.25, 0.3) is 50.1 Å². The van der Waals surface area contributed by atoms with Gasteiger partial charge in [-0.1, -0.05) is 116 Å². The van der Waals surface area contributed by atoms with Crippen molar-refractivity contribution in [1.82, 2.24) is 14.5 Å². The van der Waals surface area contributed by atoms with E-state index in [0.29, 0.717) is 17.8 Å². The molecule has 2 heterocycles. The van der Waals surface area contributed by atoms with E-state index in [1.54, 1.807) is 6.07 Å². The maximum atomic E-state index is 10.6. The van der Waals surface area contributed by atoms with Crippen molar-refractivity contribution >= 4 is 21.8 Å². The molecule has 0 aliphatic carbocycles. The minimum atomic E-state index is 0. The number of phenols is 1. The monoisotopic (exact) mass is 837 g/mol. The Kier molecular flexibility index (Phi) is 11.4. The molecule has 7 rings (SSSR count). The summed E-state index contributed by atoms with van der Waals surface area (Å²) in [5.41, 5.74) is 12.3. The number of hydrogen-bond acceptors (Lipinski definition) is 3. The zero-order chi connectivity index (χ0) is 34.8. The van der Waals surface area contributed by atoms with Gasteiger partial charge in [0.2, 0.25) is 0 Å². The molecule has 7 aromatic rings. The van der Waals surface area contributed by atoms with E-state index < -0.39 is 0 Å². The van der Waals surface area contributed by atoms with E-state index in [-0.39, 0.29) is 25.9 Å². The number of imidazole rings is 1. The number of para-hydroxylation sites is 4. The van der Waals surface area contributed by atoms with E-state index in [2.05, 4.69) is 132 Å². The molecule has 1 N–H and O–H groups in total. The van der Waals surface area contributed by atoms with Crippen LogP contribution in [0.1, 0.15) is 87.1 Å². The topological polar surface area (TPSA) is 50.9 Å². The van der Waals surface area contributed by atoms with Crippen LogP contribution in [0.15, 0.2) is 109 Å². The molecule has 1 radical (unpaired) electrons. The van der Waals surface area contributed by atoms with Crippen LogP contribution in [-0.2, 0) is 20.1 Å². The predicted octanol–water partition coefficient (Wildman–Crippen LogP) is 12.1. The van der Waals surface area contributed by atoms with Crippen molar-refractivity contribution in [3.8, 4) is 34.1 Å². The first-order chi connectivity index (χ1) is 23.5. The summed E-state index contributed by atoms with van der Waals surface area (Å²) in [4.78, 5) is 9.55. The first-order valence-corrected chi connectivity index (χ1v) is 17.3. The normalized spacial score (nSPS) is 11.3. The van der Waals surface area contributed by atoms with Gasteiger partial charge < -0.3 is 10.1 Å². The Hall–Kier alpha value is -4.57.